The summed E-state index contributed by atoms with van der Waals surface area (Å²) in [4.78, 5) is 12.3. The molecule has 2 aromatic rings. The molecular formula is C22H27NO4. The lowest BCUT2D eigenvalue weighted by Crippen LogP contribution is -2.39. The number of carbonyl (C=O) groups excluding carboxylic acids is 1. The molecule has 0 bridgehead atoms. The van der Waals surface area contributed by atoms with E-state index in [1.165, 1.54) is 0 Å². The predicted octanol–water partition coefficient (Wildman–Crippen LogP) is 3.55. The van der Waals surface area contributed by atoms with Crippen LogP contribution in [0.2, 0.25) is 0 Å². The molecule has 5 heteroatoms. The van der Waals surface area contributed by atoms with Crippen LogP contribution in [-0.4, -0.2) is 32.3 Å². The van der Waals surface area contributed by atoms with Gasteiger partial charge in [0.2, 0.25) is 0 Å². The van der Waals surface area contributed by atoms with Gasteiger partial charge in [-0.3, -0.25) is 4.79 Å². The Morgan fingerprint density at radius 2 is 1.74 bits per heavy atom. The van der Waals surface area contributed by atoms with Crippen LogP contribution in [0.15, 0.2) is 36.4 Å². The highest BCUT2D eigenvalue weighted by Crippen LogP contribution is 2.34. The Bertz CT molecular complexity index is 809. The largest absolute Gasteiger partial charge is 0.486 e. The number of fused-ring (bicyclic) bond motifs is 1. The fourth-order valence-electron chi connectivity index (χ4n) is 3.10. The highest BCUT2D eigenvalue weighted by atomic mass is 16.6. The first-order valence-corrected chi connectivity index (χ1v) is 9.23. The fraction of sp³-hybridized carbons (Fsp3) is 0.409. The Kier molecular flexibility index (Phi) is 5.59. The van der Waals surface area contributed by atoms with Crippen LogP contribution in [0.1, 0.15) is 30.5 Å². The van der Waals surface area contributed by atoms with Crippen LogP contribution in [0.4, 0.5) is 0 Å². The van der Waals surface area contributed by atoms with Crippen molar-refractivity contribution in [2.75, 3.05) is 26.4 Å². The number of carbonyl (C=O) groups is 1. The number of aryl methyl sites for hydroxylation is 2. The number of amides is 1. The predicted molar refractivity (Wildman–Crippen MR) is 105 cm³/mol. The van der Waals surface area contributed by atoms with Gasteiger partial charge in [0.15, 0.2) is 18.1 Å². The first kappa shape index (κ1) is 19.1. The highest BCUT2D eigenvalue weighted by molar-refractivity contribution is 5.77. The summed E-state index contributed by atoms with van der Waals surface area (Å²) in [5.74, 6) is 2.17. The summed E-state index contributed by atoms with van der Waals surface area (Å²) < 4.78 is 17.0. The molecule has 1 aliphatic rings. The maximum Gasteiger partial charge on any atom is 0.257 e. The molecule has 3 rings (SSSR count). The molecule has 0 saturated carbocycles. The molecule has 1 N–H and O–H groups in total. The van der Waals surface area contributed by atoms with Gasteiger partial charge in [-0.05, 0) is 42.7 Å². The zero-order valence-corrected chi connectivity index (χ0v) is 16.4. The van der Waals surface area contributed by atoms with Gasteiger partial charge >= 0.3 is 0 Å². The third kappa shape index (κ3) is 4.54. The van der Waals surface area contributed by atoms with Gasteiger partial charge in [0.1, 0.15) is 19.0 Å². The van der Waals surface area contributed by atoms with Gasteiger partial charge in [-0.15, -0.1) is 0 Å². The topological polar surface area (TPSA) is 56.8 Å². The summed E-state index contributed by atoms with van der Waals surface area (Å²) in [5, 5.41) is 2.97. The average molecular weight is 369 g/mol. The normalized spacial score (nSPS) is 13.2. The van der Waals surface area contributed by atoms with Crippen molar-refractivity contribution >= 4 is 5.91 Å². The summed E-state index contributed by atoms with van der Waals surface area (Å²) in [6.07, 6.45) is 0. The molecule has 27 heavy (non-hydrogen) atoms. The smallest absolute Gasteiger partial charge is 0.257 e. The van der Waals surface area contributed by atoms with Gasteiger partial charge in [0.25, 0.3) is 5.91 Å². The Hall–Kier alpha value is -2.69. The van der Waals surface area contributed by atoms with Crippen molar-refractivity contribution in [1.29, 1.82) is 0 Å². The maximum absolute atomic E-state index is 12.3. The first-order chi connectivity index (χ1) is 12.9. The van der Waals surface area contributed by atoms with Gasteiger partial charge in [0, 0.05) is 12.0 Å². The molecule has 0 fully saturated rings. The van der Waals surface area contributed by atoms with Crippen LogP contribution in [0.25, 0.3) is 0 Å². The summed E-state index contributed by atoms with van der Waals surface area (Å²) in [7, 11) is 0. The minimum absolute atomic E-state index is 0.00289. The standard InChI is InChI=1S/C22H27NO4/c1-15-6-5-7-16(2)21(15)27-13-20(24)23-14-22(3,4)17-8-9-18-19(12-17)26-11-10-25-18/h5-9,12H,10-11,13-14H2,1-4H3,(H,23,24). The molecule has 0 radical (unpaired) electrons. The molecule has 1 amide bonds. The molecule has 1 heterocycles. The van der Waals surface area contributed by atoms with Crippen molar-refractivity contribution in [3.05, 3.63) is 53.1 Å². The van der Waals surface area contributed by atoms with Crippen molar-refractivity contribution in [3.8, 4) is 17.2 Å². The van der Waals surface area contributed by atoms with E-state index in [1.54, 1.807) is 0 Å². The minimum atomic E-state index is -0.246. The van der Waals surface area contributed by atoms with E-state index in [0.29, 0.717) is 19.8 Å². The second-order valence-corrected chi connectivity index (χ2v) is 7.53. The molecule has 0 aliphatic carbocycles. The molecule has 144 valence electrons. The van der Waals surface area contributed by atoms with E-state index in [2.05, 4.69) is 19.2 Å². The van der Waals surface area contributed by atoms with Gasteiger partial charge < -0.3 is 19.5 Å². The van der Waals surface area contributed by atoms with E-state index >= 15 is 0 Å². The van der Waals surface area contributed by atoms with Gasteiger partial charge in [-0.1, -0.05) is 38.1 Å². The molecule has 0 unspecified atom stereocenters. The van der Waals surface area contributed by atoms with Crippen molar-refractivity contribution in [2.24, 2.45) is 0 Å². The molecule has 0 spiro atoms. The number of hydrogen-bond acceptors (Lipinski definition) is 4. The molecular weight excluding hydrogens is 342 g/mol. The lowest BCUT2D eigenvalue weighted by atomic mass is 9.84. The zero-order valence-electron chi connectivity index (χ0n) is 16.4. The third-order valence-corrected chi connectivity index (χ3v) is 4.81. The Labute approximate surface area is 160 Å². The Balaban J connectivity index is 1.57. The lowest BCUT2D eigenvalue weighted by molar-refractivity contribution is -0.123. The van der Waals surface area contributed by atoms with Crippen LogP contribution in [-0.2, 0) is 10.2 Å². The van der Waals surface area contributed by atoms with Crippen LogP contribution in [0.3, 0.4) is 0 Å². The van der Waals surface area contributed by atoms with Crippen LogP contribution in [0.5, 0.6) is 17.2 Å². The minimum Gasteiger partial charge on any atom is -0.486 e. The summed E-state index contributed by atoms with van der Waals surface area (Å²) in [6.45, 7) is 9.77. The number of rotatable bonds is 6. The van der Waals surface area contributed by atoms with Crippen LogP contribution >= 0.6 is 0 Å². The van der Waals surface area contributed by atoms with Gasteiger partial charge in [0.05, 0.1) is 0 Å². The summed E-state index contributed by atoms with van der Waals surface area (Å²) >= 11 is 0. The lowest BCUT2D eigenvalue weighted by Gasteiger charge is -2.28. The maximum atomic E-state index is 12.3. The van der Waals surface area contributed by atoms with E-state index in [4.69, 9.17) is 14.2 Å². The number of para-hydroxylation sites is 1. The van der Waals surface area contributed by atoms with Crippen LogP contribution in [0, 0.1) is 13.8 Å². The van der Waals surface area contributed by atoms with Crippen molar-refractivity contribution in [3.63, 3.8) is 0 Å². The molecule has 0 aromatic heterocycles. The quantitative estimate of drug-likeness (QED) is 0.846. The van der Waals surface area contributed by atoms with E-state index < -0.39 is 0 Å². The average Bonchev–Trinajstić information content (AvgIpc) is 2.65. The monoisotopic (exact) mass is 369 g/mol. The Morgan fingerprint density at radius 1 is 1.07 bits per heavy atom. The molecule has 0 saturated heterocycles. The zero-order chi connectivity index (χ0) is 19.4. The summed E-state index contributed by atoms with van der Waals surface area (Å²) in [5.41, 5.74) is 2.89. The van der Waals surface area contributed by atoms with Gasteiger partial charge in [-0.25, -0.2) is 0 Å². The van der Waals surface area contributed by atoms with E-state index in [0.717, 1.165) is 33.9 Å². The van der Waals surface area contributed by atoms with E-state index in [1.807, 2.05) is 50.2 Å². The number of hydrogen-bond donors (Lipinski definition) is 1. The summed E-state index contributed by atoms with van der Waals surface area (Å²) in [6, 6.07) is 11.9. The number of nitrogens with one attached hydrogen (secondary N) is 1. The first-order valence-electron chi connectivity index (χ1n) is 9.23. The highest BCUT2D eigenvalue weighted by Gasteiger charge is 2.24. The molecule has 0 atom stereocenters. The molecule has 5 nitrogen and oxygen atoms in total. The third-order valence-electron chi connectivity index (χ3n) is 4.81. The SMILES string of the molecule is Cc1cccc(C)c1OCC(=O)NCC(C)(C)c1ccc2c(c1)OCCO2. The number of benzene rings is 2. The van der Waals surface area contributed by atoms with Crippen molar-refractivity contribution < 1.29 is 19.0 Å². The Morgan fingerprint density at radius 3 is 2.44 bits per heavy atom. The second-order valence-electron chi connectivity index (χ2n) is 7.53. The van der Waals surface area contributed by atoms with E-state index in [9.17, 15) is 4.79 Å². The van der Waals surface area contributed by atoms with Crippen molar-refractivity contribution in [1.82, 2.24) is 5.32 Å². The van der Waals surface area contributed by atoms with Crippen LogP contribution < -0.4 is 19.5 Å². The molecule has 2 aromatic carbocycles. The second kappa shape index (κ2) is 7.91. The van der Waals surface area contributed by atoms with Crippen molar-refractivity contribution in [2.45, 2.75) is 33.1 Å². The van der Waals surface area contributed by atoms with E-state index in [-0.39, 0.29) is 17.9 Å². The molecule has 1 aliphatic heterocycles. The number of ether oxygens (including phenoxy) is 3. The van der Waals surface area contributed by atoms with Gasteiger partial charge in [-0.2, -0.15) is 0 Å². The fourth-order valence-corrected chi connectivity index (χ4v) is 3.10.